The molecule has 1 aliphatic heterocycles. The molecule has 2 amide bonds. The van der Waals surface area contributed by atoms with Crippen molar-refractivity contribution in [3.05, 3.63) is 0 Å². The number of likely N-dealkylation sites (tertiary alicyclic amines) is 1. The number of aliphatic carboxylic acids is 1. The average Bonchev–Trinajstić information content (AvgIpc) is 2.76. The molecule has 1 aliphatic rings. The van der Waals surface area contributed by atoms with Crippen molar-refractivity contribution in [3.63, 3.8) is 0 Å². The van der Waals surface area contributed by atoms with E-state index in [0.29, 0.717) is 31.5 Å². The number of nitrogens with zero attached hydrogens (tertiary/aromatic N) is 2. The zero-order chi connectivity index (χ0) is 15.4. The highest BCUT2D eigenvalue weighted by atomic mass is 16.4. The van der Waals surface area contributed by atoms with Gasteiger partial charge in [-0.1, -0.05) is 27.2 Å². The van der Waals surface area contributed by atoms with Gasteiger partial charge < -0.3 is 20.2 Å². The van der Waals surface area contributed by atoms with Crippen LogP contribution in [0.2, 0.25) is 0 Å². The van der Waals surface area contributed by atoms with Crippen molar-refractivity contribution in [2.45, 2.75) is 39.3 Å². The normalized spacial score (nSPS) is 25.6. The van der Waals surface area contributed by atoms with Crippen LogP contribution in [0, 0.1) is 11.8 Å². The van der Waals surface area contributed by atoms with Crippen molar-refractivity contribution in [1.29, 1.82) is 0 Å². The van der Waals surface area contributed by atoms with E-state index in [1.165, 1.54) is 0 Å². The van der Waals surface area contributed by atoms with E-state index in [-0.39, 0.29) is 11.9 Å². The second-order valence-electron chi connectivity index (χ2n) is 6.06. The molecule has 0 aromatic carbocycles. The van der Waals surface area contributed by atoms with Crippen molar-refractivity contribution in [1.82, 2.24) is 15.1 Å². The Morgan fingerprint density at radius 1 is 1.40 bits per heavy atom. The maximum atomic E-state index is 12.2. The van der Waals surface area contributed by atoms with Crippen LogP contribution >= 0.6 is 0 Å². The van der Waals surface area contributed by atoms with Crippen LogP contribution in [0.5, 0.6) is 0 Å². The third kappa shape index (κ3) is 3.85. The van der Waals surface area contributed by atoms with Crippen LogP contribution in [0.1, 0.15) is 27.2 Å². The first-order valence-electron chi connectivity index (χ1n) is 7.22. The Hall–Kier alpha value is -1.30. The molecule has 0 radical (unpaired) electrons. The molecule has 20 heavy (non-hydrogen) atoms. The van der Waals surface area contributed by atoms with Gasteiger partial charge in [-0.3, -0.25) is 0 Å². The second kappa shape index (κ2) is 6.92. The van der Waals surface area contributed by atoms with Crippen LogP contribution in [0.3, 0.4) is 0 Å². The van der Waals surface area contributed by atoms with Crippen LogP contribution < -0.4 is 5.32 Å². The van der Waals surface area contributed by atoms with Gasteiger partial charge in [0.15, 0.2) is 0 Å². The highest BCUT2D eigenvalue weighted by Crippen LogP contribution is 2.20. The van der Waals surface area contributed by atoms with Crippen molar-refractivity contribution in [2.75, 3.05) is 27.2 Å². The number of carbonyl (C=O) groups is 2. The quantitative estimate of drug-likeness (QED) is 0.793. The van der Waals surface area contributed by atoms with Gasteiger partial charge in [0.05, 0.1) is 0 Å². The first-order chi connectivity index (χ1) is 9.27. The molecule has 6 heteroatoms. The Kier molecular flexibility index (Phi) is 5.80. The molecule has 6 nitrogen and oxygen atoms in total. The van der Waals surface area contributed by atoms with Gasteiger partial charge >= 0.3 is 12.0 Å². The molecular formula is C14H27N3O3. The molecule has 0 aromatic heterocycles. The largest absolute Gasteiger partial charge is 0.480 e. The van der Waals surface area contributed by atoms with Gasteiger partial charge in [0.1, 0.15) is 6.04 Å². The molecular weight excluding hydrogens is 258 g/mol. The first-order valence-corrected chi connectivity index (χ1v) is 7.22. The third-order valence-electron chi connectivity index (χ3n) is 4.28. The molecule has 1 rings (SSSR count). The van der Waals surface area contributed by atoms with E-state index in [0.717, 1.165) is 0 Å². The summed E-state index contributed by atoms with van der Waals surface area (Å²) in [4.78, 5) is 27.3. The minimum Gasteiger partial charge on any atom is -0.480 e. The maximum absolute atomic E-state index is 12.2. The molecule has 1 saturated heterocycles. The second-order valence-corrected chi connectivity index (χ2v) is 6.06. The van der Waals surface area contributed by atoms with Gasteiger partial charge in [0.2, 0.25) is 0 Å². The zero-order valence-electron chi connectivity index (χ0n) is 13.1. The number of carbonyl (C=O) groups excluding carboxylic acids is 1. The fourth-order valence-electron chi connectivity index (χ4n) is 2.70. The molecule has 0 spiro atoms. The molecule has 0 bridgehead atoms. The zero-order valence-corrected chi connectivity index (χ0v) is 13.1. The average molecular weight is 285 g/mol. The van der Waals surface area contributed by atoms with Gasteiger partial charge in [0, 0.05) is 19.1 Å². The number of carboxylic acid groups (broad SMARTS) is 1. The lowest BCUT2D eigenvalue weighted by Gasteiger charge is -2.25. The number of urea groups is 1. The summed E-state index contributed by atoms with van der Waals surface area (Å²) >= 11 is 0. The lowest BCUT2D eigenvalue weighted by molar-refractivity contribution is -0.140. The Labute approximate surface area is 121 Å². The van der Waals surface area contributed by atoms with E-state index in [9.17, 15) is 14.7 Å². The van der Waals surface area contributed by atoms with E-state index in [2.05, 4.69) is 17.1 Å². The van der Waals surface area contributed by atoms with Gasteiger partial charge in [-0.05, 0) is 25.9 Å². The highest BCUT2D eigenvalue weighted by Gasteiger charge is 2.35. The number of likely N-dealkylation sites (N-methyl/N-ethyl adjacent to an activating group) is 1. The number of hydrogen-bond donors (Lipinski definition) is 2. The molecule has 1 heterocycles. The summed E-state index contributed by atoms with van der Waals surface area (Å²) in [6.07, 6.45) is 0.716. The smallest absolute Gasteiger partial charge is 0.326 e. The van der Waals surface area contributed by atoms with Crippen molar-refractivity contribution >= 4 is 12.0 Å². The van der Waals surface area contributed by atoms with Gasteiger partial charge in [-0.2, -0.15) is 0 Å². The van der Waals surface area contributed by atoms with Gasteiger partial charge in [0.25, 0.3) is 0 Å². The highest BCUT2D eigenvalue weighted by molar-refractivity contribution is 5.83. The summed E-state index contributed by atoms with van der Waals surface area (Å²) in [6.45, 7) is 7.19. The molecule has 0 aromatic rings. The molecule has 1 fully saturated rings. The SMILES string of the molecule is CCC(C)C(NC(=O)N1CC(C)C(N(C)C)C1)C(=O)O. The number of hydrogen-bond acceptors (Lipinski definition) is 3. The molecule has 0 aliphatic carbocycles. The maximum Gasteiger partial charge on any atom is 0.326 e. The van der Waals surface area contributed by atoms with Crippen molar-refractivity contribution in [2.24, 2.45) is 11.8 Å². The molecule has 0 saturated carbocycles. The minimum absolute atomic E-state index is 0.0823. The van der Waals surface area contributed by atoms with E-state index in [1.807, 2.05) is 27.9 Å². The van der Waals surface area contributed by atoms with Crippen molar-refractivity contribution in [3.8, 4) is 0 Å². The topological polar surface area (TPSA) is 72.9 Å². The summed E-state index contributed by atoms with van der Waals surface area (Å²) in [5.74, 6) is -0.659. The standard InChI is InChI=1S/C14H27N3O3/c1-6-9(2)12(13(18)19)15-14(20)17-7-10(3)11(8-17)16(4)5/h9-12H,6-8H2,1-5H3,(H,15,20)(H,18,19). The first kappa shape index (κ1) is 16.8. The molecule has 116 valence electrons. The summed E-state index contributed by atoms with van der Waals surface area (Å²) in [6, 6.07) is -0.761. The van der Waals surface area contributed by atoms with E-state index >= 15 is 0 Å². The molecule has 2 N–H and O–H groups in total. The summed E-state index contributed by atoms with van der Waals surface area (Å²) in [7, 11) is 4.00. The minimum atomic E-state index is -0.968. The summed E-state index contributed by atoms with van der Waals surface area (Å²) < 4.78 is 0. The number of rotatable bonds is 5. The summed E-state index contributed by atoms with van der Waals surface area (Å²) in [5, 5.41) is 11.9. The Balaban J connectivity index is 2.65. The fraction of sp³-hybridized carbons (Fsp3) is 0.857. The van der Waals surface area contributed by atoms with Crippen LogP contribution in [0.4, 0.5) is 4.79 Å². The van der Waals surface area contributed by atoms with Crippen LogP contribution in [-0.4, -0.2) is 66.2 Å². The summed E-state index contributed by atoms with van der Waals surface area (Å²) in [5.41, 5.74) is 0. The van der Waals surface area contributed by atoms with Gasteiger partial charge in [-0.25, -0.2) is 9.59 Å². The predicted octanol–water partition coefficient (Wildman–Crippen LogP) is 1.08. The van der Waals surface area contributed by atoms with Gasteiger partial charge in [-0.15, -0.1) is 0 Å². The Morgan fingerprint density at radius 2 is 2.00 bits per heavy atom. The Morgan fingerprint density at radius 3 is 2.40 bits per heavy atom. The predicted molar refractivity (Wildman–Crippen MR) is 77.6 cm³/mol. The lowest BCUT2D eigenvalue weighted by Crippen LogP contribution is -2.50. The van der Waals surface area contributed by atoms with Crippen LogP contribution in [0.15, 0.2) is 0 Å². The number of carboxylic acids is 1. The van der Waals surface area contributed by atoms with Crippen LogP contribution in [0.25, 0.3) is 0 Å². The fourth-order valence-corrected chi connectivity index (χ4v) is 2.70. The monoisotopic (exact) mass is 285 g/mol. The Bertz CT molecular complexity index is 360. The lowest BCUT2D eigenvalue weighted by atomic mass is 9.99. The van der Waals surface area contributed by atoms with E-state index in [4.69, 9.17) is 0 Å². The van der Waals surface area contributed by atoms with E-state index < -0.39 is 12.0 Å². The molecule has 4 unspecified atom stereocenters. The van der Waals surface area contributed by atoms with Crippen molar-refractivity contribution < 1.29 is 14.7 Å². The molecule has 4 atom stereocenters. The third-order valence-corrected chi connectivity index (χ3v) is 4.28. The van der Waals surface area contributed by atoms with E-state index in [1.54, 1.807) is 4.90 Å². The van der Waals surface area contributed by atoms with Crippen LogP contribution in [-0.2, 0) is 4.79 Å². The number of nitrogens with one attached hydrogen (secondary N) is 1. The number of amides is 2.